The van der Waals surface area contributed by atoms with Crippen molar-refractivity contribution >= 4 is 11.6 Å². The summed E-state index contributed by atoms with van der Waals surface area (Å²) in [5, 5.41) is 7.53. The molecule has 1 heterocycles. The Morgan fingerprint density at radius 3 is 2.33 bits per heavy atom. The van der Waals surface area contributed by atoms with Crippen LogP contribution in [0.15, 0.2) is 54.6 Å². The van der Waals surface area contributed by atoms with Crippen molar-refractivity contribution in [2.75, 3.05) is 5.32 Å². The number of aryl methyl sites for hydroxylation is 2. The Labute approximate surface area is 142 Å². The van der Waals surface area contributed by atoms with Crippen molar-refractivity contribution in [1.82, 2.24) is 9.78 Å². The molecule has 0 spiro atoms. The molecule has 0 aliphatic rings. The Morgan fingerprint density at radius 2 is 1.67 bits per heavy atom. The van der Waals surface area contributed by atoms with Crippen LogP contribution in [0, 0.1) is 20.8 Å². The van der Waals surface area contributed by atoms with Crippen molar-refractivity contribution in [2.24, 2.45) is 0 Å². The molecule has 122 valence electrons. The van der Waals surface area contributed by atoms with Crippen LogP contribution in [-0.4, -0.2) is 15.7 Å². The average molecular weight is 319 g/mol. The van der Waals surface area contributed by atoms with Gasteiger partial charge in [0, 0.05) is 16.9 Å². The molecule has 2 aromatic carbocycles. The van der Waals surface area contributed by atoms with Crippen LogP contribution >= 0.6 is 0 Å². The minimum Gasteiger partial charge on any atom is -0.326 e. The number of hydrogen-bond donors (Lipinski definition) is 1. The highest BCUT2D eigenvalue weighted by atomic mass is 16.1. The molecule has 4 heteroatoms. The Kier molecular flexibility index (Phi) is 4.47. The third kappa shape index (κ3) is 3.38. The Hall–Kier alpha value is -2.88. The van der Waals surface area contributed by atoms with Gasteiger partial charge >= 0.3 is 0 Å². The first-order chi connectivity index (χ1) is 11.5. The van der Waals surface area contributed by atoms with Gasteiger partial charge in [-0.15, -0.1) is 0 Å². The smallest absolute Gasteiger partial charge is 0.228 e. The molecular weight excluding hydrogens is 298 g/mol. The van der Waals surface area contributed by atoms with E-state index in [0.29, 0.717) is 6.42 Å². The van der Waals surface area contributed by atoms with Crippen LogP contribution in [0.5, 0.6) is 0 Å². The molecule has 0 atom stereocenters. The van der Waals surface area contributed by atoms with E-state index < -0.39 is 0 Å². The number of anilines is 1. The molecule has 1 N–H and O–H groups in total. The maximum atomic E-state index is 12.4. The number of rotatable bonds is 4. The molecule has 3 aromatic rings. The topological polar surface area (TPSA) is 46.9 Å². The summed E-state index contributed by atoms with van der Waals surface area (Å²) in [6, 6.07) is 17.8. The first-order valence-corrected chi connectivity index (χ1v) is 8.01. The van der Waals surface area contributed by atoms with Gasteiger partial charge in [0.25, 0.3) is 0 Å². The van der Waals surface area contributed by atoms with Crippen LogP contribution in [-0.2, 0) is 11.2 Å². The van der Waals surface area contributed by atoms with Crippen molar-refractivity contribution in [2.45, 2.75) is 27.2 Å². The molecule has 0 saturated carbocycles. The molecule has 0 bridgehead atoms. The monoisotopic (exact) mass is 319 g/mol. The largest absolute Gasteiger partial charge is 0.326 e. The van der Waals surface area contributed by atoms with E-state index in [2.05, 4.69) is 10.4 Å². The van der Waals surface area contributed by atoms with Crippen molar-refractivity contribution in [3.05, 3.63) is 77.1 Å². The van der Waals surface area contributed by atoms with Crippen LogP contribution in [0.3, 0.4) is 0 Å². The van der Waals surface area contributed by atoms with E-state index in [-0.39, 0.29) is 5.91 Å². The van der Waals surface area contributed by atoms with Gasteiger partial charge < -0.3 is 5.32 Å². The second kappa shape index (κ2) is 6.71. The standard InChI is InChI=1S/C20H21N3O/c1-14-9-11-17(12-10-14)21-20(24)13-19-15(2)22-23(16(19)3)18-7-5-4-6-8-18/h4-12H,13H2,1-3H3,(H,21,24). The summed E-state index contributed by atoms with van der Waals surface area (Å²) in [6.45, 7) is 5.97. The predicted octanol–water partition coefficient (Wildman–Crippen LogP) is 3.98. The molecule has 4 nitrogen and oxygen atoms in total. The van der Waals surface area contributed by atoms with Gasteiger partial charge in [0.2, 0.25) is 5.91 Å². The molecule has 0 saturated heterocycles. The van der Waals surface area contributed by atoms with Gasteiger partial charge in [-0.1, -0.05) is 35.9 Å². The van der Waals surface area contributed by atoms with E-state index in [1.165, 1.54) is 5.56 Å². The Balaban J connectivity index is 1.79. The summed E-state index contributed by atoms with van der Waals surface area (Å²) in [4.78, 5) is 12.4. The lowest BCUT2D eigenvalue weighted by atomic mass is 10.1. The minimum atomic E-state index is -0.0299. The summed E-state index contributed by atoms with van der Waals surface area (Å²) in [6.07, 6.45) is 0.318. The molecule has 24 heavy (non-hydrogen) atoms. The van der Waals surface area contributed by atoms with E-state index in [0.717, 1.165) is 28.3 Å². The number of aromatic nitrogens is 2. The lowest BCUT2D eigenvalue weighted by Gasteiger charge is -2.07. The highest BCUT2D eigenvalue weighted by Crippen LogP contribution is 2.19. The summed E-state index contributed by atoms with van der Waals surface area (Å²) in [5.41, 5.74) is 5.85. The second-order valence-corrected chi connectivity index (χ2v) is 5.99. The quantitative estimate of drug-likeness (QED) is 0.790. The first kappa shape index (κ1) is 16.0. The van der Waals surface area contributed by atoms with Crippen molar-refractivity contribution in [1.29, 1.82) is 0 Å². The number of nitrogens with one attached hydrogen (secondary N) is 1. The minimum absolute atomic E-state index is 0.0299. The number of carbonyl (C=O) groups excluding carboxylic acids is 1. The zero-order valence-electron chi connectivity index (χ0n) is 14.2. The molecule has 3 rings (SSSR count). The van der Waals surface area contributed by atoms with E-state index >= 15 is 0 Å². The van der Waals surface area contributed by atoms with Crippen molar-refractivity contribution in [3.63, 3.8) is 0 Å². The number of carbonyl (C=O) groups is 1. The van der Waals surface area contributed by atoms with E-state index in [1.807, 2.05) is 80.1 Å². The molecular formula is C20H21N3O. The molecule has 0 unspecified atom stereocenters. The van der Waals surface area contributed by atoms with E-state index in [4.69, 9.17) is 0 Å². The first-order valence-electron chi connectivity index (χ1n) is 8.01. The van der Waals surface area contributed by atoms with E-state index in [1.54, 1.807) is 0 Å². The normalized spacial score (nSPS) is 10.6. The van der Waals surface area contributed by atoms with Crippen LogP contribution in [0.25, 0.3) is 5.69 Å². The lowest BCUT2D eigenvalue weighted by Crippen LogP contribution is -2.15. The predicted molar refractivity (Wildman–Crippen MR) is 96.6 cm³/mol. The summed E-state index contributed by atoms with van der Waals surface area (Å²) in [5.74, 6) is -0.0299. The van der Waals surface area contributed by atoms with Crippen LogP contribution in [0.1, 0.15) is 22.5 Å². The fourth-order valence-corrected chi connectivity index (χ4v) is 2.75. The fraction of sp³-hybridized carbons (Fsp3) is 0.200. The molecule has 1 aromatic heterocycles. The maximum absolute atomic E-state index is 12.4. The number of para-hydroxylation sites is 1. The van der Waals surface area contributed by atoms with Crippen LogP contribution in [0.2, 0.25) is 0 Å². The van der Waals surface area contributed by atoms with Gasteiger partial charge in [0.05, 0.1) is 17.8 Å². The van der Waals surface area contributed by atoms with Crippen LogP contribution < -0.4 is 5.32 Å². The molecule has 0 radical (unpaired) electrons. The van der Waals surface area contributed by atoms with Crippen molar-refractivity contribution < 1.29 is 4.79 Å². The highest BCUT2D eigenvalue weighted by molar-refractivity contribution is 5.92. The Morgan fingerprint density at radius 1 is 1.00 bits per heavy atom. The zero-order valence-corrected chi connectivity index (χ0v) is 14.2. The number of hydrogen-bond acceptors (Lipinski definition) is 2. The van der Waals surface area contributed by atoms with Gasteiger partial charge in [0.1, 0.15) is 0 Å². The zero-order chi connectivity index (χ0) is 17.1. The summed E-state index contributed by atoms with van der Waals surface area (Å²) in [7, 11) is 0. The average Bonchev–Trinajstić information content (AvgIpc) is 2.86. The third-order valence-corrected chi connectivity index (χ3v) is 4.11. The maximum Gasteiger partial charge on any atom is 0.228 e. The molecule has 0 fully saturated rings. The summed E-state index contributed by atoms with van der Waals surface area (Å²) < 4.78 is 1.89. The molecule has 0 aliphatic carbocycles. The highest BCUT2D eigenvalue weighted by Gasteiger charge is 2.16. The fourth-order valence-electron chi connectivity index (χ4n) is 2.75. The third-order valence-electron chi connectivity index (χ3n) is 4.11. The molecule has 0 aliphatic heterocycles. The summed E-state index contributed by atoms with van der Waals surface area (Å²) >= 11 is 0. The number of benzene rings is 2. The van der Waals surface area contributed by atoms with Gasteiger partial charge in [-0.3, -0.25) is 4.79 Å². The number of nitrogens with zero attached hydrogens (tertiary/aromatic N) is 2. The van der Waals surface area contributed by atoms with Gasteiger partial charge in [-0.2, -0.15) is 5.10 Å². The van der Waals surface area contributed by atoms with Gasteiger partial charge in [-0.25, -0.2) is 4.68 Å². The molecule has 1 amide bonds. The Bertz CT molecular complexity index is 849. The van der Waals surface area contributed by atoms with Crippen molar-refractivity contribution in [3.8, 4) is 5.69 Å². The van der Waals surface area contributed by atoms with Crippen LogP contribution in [0.4, 0.5) is 5.69 Å². The van der Waals surface area contributed by atoms with Gasteiger partial charge in [0.15, 0.2) is 0 Å². The van der Waals surface area contributed by atoms with E-state index in [9.17, 15) is 4.79 Å². The number of amides is 1. The lowest BCUT2D eigenvalue weighted by molar-refractivity contribution is -0.115. The SMILES string of the molecule is Cc1ccc(NC(=O)Cc2c(C)nn(-c3ccccc3)c2C)cc1. The van der Waals surface area contributed by atoms with Gasteiger partial charge in [-0.05, 0) is 45.0 Å². The second-order valence-electron chi connectivity index (χ2n) is 5.99.